The second-order valence-corrected chi connectivity index (χ2v) is 10.1. The fraction of sp³-hybridized carbons (Fsp3) is 0.444. The van der Waals surface area contributed by atoms with Crippen LogP contribution in [0.1, 0.15) is 50.8 Å². The average Bonchev–Trinajstić information content (AvgIpc) is 3.40. The van der Waals surface area contributed by atoms with Crippen LogP contribution in [0.4, 0.5) is 0 Å². The molecule has 0 spiro atoms. The molecule has 1 fully saturated rings. The number of ether oxygens (including phenoxy) is 1. The lowest BCUT2D eigenvalue weighted by Gasteiger charge is -2.25. The van der Waals surface area contributed by atoms with E-state index in [0.29, 0.717) is 11.1 Å². The number of hydrogen-bond acceptors (Lipinski definition) is 6. The number of carbonyl (C=O) groups excluding carboxylic acids is 2. The number of likely N-dealkylation sites (tertiary alicyclic amines) is 1. The third-order valence-electron chi connectivity index (χ3n) is 5.98. The third kappa shape index (κ3) is 6.60. The van der Waals surface area contributed by atoms with Crippen LogP contribution in [-0.2, 0) is 27.3 Å². The Kier molecular flexibility index (Phi) is 7.40. The van der Waals surface area contributed by atoms with E-state index in [1.54, 1.807) is 39.0 Å². The molecule has 1 aliphatic heterocycles. The van der Waals surface area contributed by atoms with Gasteiger partial charge in [-0.15, -0.1) is 0 Å². The van der Waals surface area contributed by atoms with Gasteiger partial charge >= 0.3 is 11.7 Å². The van der Waals surface area contributed by atoms with Crippen LogP contribution in [0, 0.1) is 0 Å². The molecule has 1 atom stereocenters. The van der Waals surface area contributed by atoms with Gasteiger partial charge in [-0.2, -0.15) is 0 Å². The van der Waals surface area contributed by atoms with E-state index in [1.165, 1.54) is 17.4 Å². The first-order chi connectivity index (χ1) is 16.7. The van der Waals surface area contributed by atoms with Gasteiger partial charge in [-0.05, 0) is 70.0 Å². The average molecular weight is 480 g/mol. The van der Waals surface area contributed by atoms with Crippen molar-refractivity contribution in [1.82, 2.24) is 14.8 Å². The molecule has 4 rings (SSSR count). The summed E-state index contributed by atoms with van der Waals surface area (Å²) in [5, 5.41) is 3.19. The Morgan fingerprint density at radius 1 is 1.09 bits per heavy atom. The van der Waals surface area contributed by atoms with Crippen LogP contribution in [0.15, 0.2) is 57.7 Å². The standard InChI is InChI=1S/C27H33N3O5/c1-27(2,3)35-25(32)18-30-22-15-19(11-12-23(22)34-26(30)33)16-24(31)28-21(17-29-13-7-8-14-29)20-9-5-4-6-10-20/h4-6,9-12,15,21H,7-8,13-14,16-18H2,1-3H3,(H,28,31). The molecule has 0 aliphatic carbocycles. The molecule has 1 aliphatic rings. The van der Waals surface area contributed by atoms with Crippen molar-refractivity contribution in [2.45, 2.75) is 58.2 Å². The highest BCUT2D eigenvalue weighted by atomic mass is 16.6. The van der Waals surface area contributed by atoms with Crippen LogP contribution >= 0.6 is 0 Å². The normalized spacial score (nSPS) is 15.3. The summed E-state index contributed by atoms with van der Waals surface area (Å²) in [4.78, 5) is 40.1. The maximum absolute atomic E-state index is 13.0. The van der Waals surface area contributed by atoms with E-state index in [-0.39, 0.29) is 24.9 Å². The van der Waals surface area contributed by atoms with Crippen LogP contribution in [0.25, 0.3) is 11.1 Å². The van der Waals surface area contributed by atoms with Crippen molar-refractivity contribution in [3.05, 3.63) is 70.2 Å². The number of carbonyl (C=O) groups is 2. The number of nitrogens with one attached hydrogen (secondary N) is 1. The first-order valence-corrected chi connectivity index (χ1v) is 12.1. The minimum absolute atomic E-state index is 0.107. The van der Waals surface area contributed by atoms with Gasteiger partial charge in [0.2, 0.25) is 5.91 Å². The third-order valence-corrected chi connectivity index (χ3v) is 5.98. The monoisotopic (exact) mass is 479 g/mol. The summed E-state index contributed by atoms with van der Waals surface area (Å²) in [6.45, 7) is 7.91. The predicted molar refractivity (Wildman–Crippen MR) is 133 cm³/mol. The van der Waals surface area contributed by atoms with E-state index in [1.807, 2.05) is 30.3 Å². The largest absolute Gasteiger partial charge is 0.459 e. The van der Waals surface area contributed by atoms with Gasteiger partial charge in [0.05, 0.1) is 18.0 Å². The van der Waals surface area contributed by atoms with E-state index in [4.69, 9.17) is 9.15 Å². The summed E-state index contributed by atoms with van der Waals surface area (Å²) in [5.74, 6) is -1.28. The van der Waals surface area contributed by atoms with Crippen molar-refractivity contribution in [3.8, 4) is 0 Å². The SMILES string of the molecule is CC(C)(C)OC(=O)Cn1c(=O)oc2ccc(CC(=O)NC(CN3CCCC3)c3ccccc3)cc21. The maximum atomic E-state index is 13.0. The number of hydrogen-bond donors (Lipinski definition) is 1. The Labute approximate surface area is 204 Å². The molecular formula is C27H33N3O5. The molecule has 0 radical (unpaired) electrons. The zero-order valence-electron chi connectivity index (χ0n) is 20.6. The summed E-state index contributed by atoms with van der Waals surface area (Å²) in [5.41, 5.74) is 1.96. The van der Waals surface area contributed by atoms with Crippen molar-refractivity contribution in [1.29, 1.82) is 0 Å². The van der Waals surface area contributed by atoms with Crippen LogP contribution in [0.3, 0.4) is 0 Å². The number of oxazole rings is 1. The Hall–Kier alpha value is -3.39. The molecule has 1 unspecified atom stereocenters. The molecule has 1 aromatic heterocycles. The van der Waals surface area contributed by atoms with Gasteiger partial charge in [0.15, 0.2) is 5.58 Å². The lowest BCUT2D eigenvalue weighted by atomic mass is 10.1. The molecule has 0 bridgehead atoms. The first-order valence-electron chi connectivity index (χ1n) is 12.1. The molecule has 35 heavy (non-hydrogen) atoms. The Morgan fingerprint density at radius 2 is 1.80 bits per heavy atom. The number of amides is 1. The molecule has 0 saturated carbocycles. The number of esters is 1. The summed E-state index contributed by atoms with van der Waals surface area (Å²) in [7, 11) is 0. The van der Waals surface area contributed by atoms with Crippen LogP contribution < -0.4 is 11.1 Å². The minimum Gasteiger partial charge on any atom is -0.459 e. The van der Waals surface area contributed by atoms with Gasteiger partial charge in [0.1, 0.15) is 12.1 Å². The van der Waals surface area contributed by atoms with Gasteiger partial charge < -0.3 is 19.4 Å². The number of nitrogens with zero attached hydrogens (tertiary/aromatic N) is 2. The quantitative estimate of drug-likeness (QED) is 0.498. The Bertz CT molecular complexity index is 1230. The smallest absolute Gasteiger partial charge is 0.420 e. The number of benzene rings is 2. The van der Waals surface area contributed by atoms with Gasteiger partial charge in [0, 0.05) is 6.54 Å². The van der Waals surface area contributed by atoms with Gasteiger partial charge in [-0.1, -0.05) is 36.4 Å². The summed E-state index contributed by atoms with van der Waals surface area (Å²) < 4.78 is 11.9. The number of rotatable bonds is 8. The van der Waals surface area contributed by atoms with Crippen molar-refractivity contribution < 1.29 is 18.7 Å². The van der Waals surface area contributed by atoms with Gasteiger partial charge in [-0.25, -0.2) is 4.79 Å². The highest BCUT2D eigenvalue weighted by molar-refractivity contribution is 5.82. The topological polar surface area (TPSA) is 93.8 Å². The molecule has 1 N–H and O–H groups in total. The number of aromatic nitrogens is 1. The van der Waals surface area contributed by atoms with Crippen molar-refractivity contribution in [2.24, 2.45) is 0 Å². The molecule has 2 heterocycles. The lowest BCUT2D eigenvalue weighted by molar-refractivity contribution is -0.155. The molecule has 1 saturated heterocycles. The van der Waals surface area contributed by atoms with Gasteiger partial charge in [-0.3, -0.25) is 14.2 Å². The zero-order valence-corrected chi connectivity index (χ0v) is 20.6. The second-order valence-electron chi connectivity index (χ2n) is 10.1. The van der Waals surface area contributed by atoms with E-state index in [0.717, 1.165) is 30.8 Å². The first kappa shape index (κ1) is 24.7. The van der Waals surface area contributed by atoms with Crippen LogP contribution in [-0.4, -0.2) is 46.6 Å². The Balaban J connectivity index is 1.49. The summed E-state index contributed by atoms with van der Waals surface area (Å²) in [6, 6.07) is 15.0. The fourth-order valence-electron chi connectivity index (χ4n) is 4.44. The van der Waals surface area contributed by atoms with E-state index < -0.39 is 17.3 Å². The fourth-order valence-corrected chi connectivity index (χ4v) is 4.44. The summed E-state index contributed by atoms with van der Waals surface area (Å²) in [6.07, 6.45) is 2.52. The zero-order chi connectivity index (χ0) is 25.0. The van der Waals surface area contributed by atoms with Crippen molar-refractivity contribution >= 4 is 23.0 Å². The maximum Gasteiger partial charge on any atom is 0.420 e. The van der Waals surface area contributed by atoms with E-state index >= 15 is 0 Å². The highest BCUT2D eigenvalue weighted by Crippen LogP contribution is 2.20. The molecule has 8 heteroatoms. The van der Waals surface area contributed by atoms with Crippen molar-refractivity contribution in [3.63, 3.8) is 0 Å². The Morgan fingerprint density at radius 3 is 2.49 bits per heavy atom. The molecule has 2 aromatic carbocycles. The van der Waals surface area contributed by atoms with Gasteiger partial charge in [0.25, 0.3) is 0 Å². The van der Waals surface area contributed by atoms with Crippen LogP contribution in [0.2, 0.25) is 0 Å². The highest BCUT2D eigenvalue weighted by Gasteiger charge is 2.22. The van der Waals surface area contributed by atoms with Crippen molar-refractivity contribution in [2.75, 3.05) is 19.6 Å². The molecule has 3 aromatic rings. The molecule has 186 valence electrons. The van der Waals surface area contributed by atoms with E-state index in [2.05, 4.69) is 10.2 Å². The minimum atomic E-state index is -0.659. The summed E-state index contributed by atoms with van der Waals surface area (Å²) >= 11 is 0. The molecular weight excluding hydrogens is 446 g/mol. The van der Waals surface area contributed by atoms with E-state index in [9.17, 15) is 14.4 Å². The molecule has 8 nitrogen and oxygen atoms in total. The molecule has 1 amide bonds. The number of fused-ring (bicyclic) bond motifs is 1. The second kappa shape index (κ2) is 10.5. The lowest BCUT2D eigenvalue weighted by Crippen LogP contribution is -2.37. The van der Waals surface area contributed by atoms with Crippen LogP contribution in [0.5, 0.6) is 0 Å². The predicted octanol–water partition coefficient (Wildman–Crippen LogP) is 3.43.